The van der Waals surface area contributed by atoms with Crippen molar-refractivity contribution < 1.29 is 19.5 Å². The van der Waals surface area contributed by atoms with E-state index in [4.69, 9.17) is 0 Å². The summed E-state index contributed by atoms with van der Waals surface area (Å²) in [6.07, 6.45) is 5.97. The van der Waals surface area contributed by atoms with Gasteiger partial charge in [-0.1, -0.05) is 62.3 Å². The molecule has 0 radical (unpaired) electrons. The summed E-state index contributed by atoms with van der Waals surface area (Å²) in [6, 6.07) is 0. The van der Waals surface area contributed by atoms with Crippen LogP contribution in [-0.2, 0) is 14.4 Å². The standard InChI is InChI=1S/C26H46O4/c1-23(2,3)21(29)19-12-10-18(11-13-19)16-26(8,9)22(30)25(6,7)15-14-24(4,5)20(28)17-27/h18-19,27H,10-17H2,1-9H3. The van der Waals surface area contributed by atoms with Crippen LogP contribution in [0.4, 0.5) is 0 Å². The van der Waals surface area contributed by atoms with Crippen molar-refractivity contribution in [2.75, 3.05) is 6.61 Å². The Balaban J connectivity index is 2.69. The highest BCUT2D eigenvalue weighted by Crippen LogP contribution is 2.43. The average Bonchev–Trinajstić information content (AvgIpc) is 2.64. The molecule has 1 rings (SSSR count). The zero-order valence-electron chi connectivity index (χ0n) is 21.0. The highest BCUT2D eigenvalue weighted by Gasteiger charge is 2.42. The molecule has 0 atom stereocenters. The van der Waals surface area contributed by atoms with Crippen LogP contribution in [0, 0.1) is 33.5 Å². The molecule has 1 saturated carbocycles. The van der Waals surface area contributed by atoms with E-state index in [1.807, 2.05) is 62.3 Å². The van der Waals surface area contributed by atoms with Crippen LogP contribution in [0.3, 0.4) is 0 Å². The number of rotatable bonds is 10. The molecule has 174 valence electrons. The topological polar surface area (TPSA) is 71.4 Å². The van der Waals surface area contributed by atoms with Gasteiger partial charge in [0.15, 0.2) is 5.78 Å². The highest BCUT2D eigenvalue weighted by molar-refractivity contribution is 5.89. The van der Waals surface area contributed by atoms with Crippen LogP contribution in [0.1, 0.15) is 107 Å². The average molecular weight is 423 g/mol. The van der Waals surface area contributed by atoms with Crippen molar-refractivity contribution in [1.29, 1.82) is 0 Å². The molecule has 1 aliphatic carbocycles. The molecule has 0 amide bonds. The predicted octanol–water partition coefficient (Wildman–Crippen LogP) is 5.79. The second kappa shape index (κ2) is 9.63. The monoisotopic (exact) mass is 422 g/mol. The zero-order valence-corrected chi connectivity index (χ0v) is 21.0. The Morgan fingerprint density at radius 3 is 1.63 bits per heavy atom. The molecule has 0 saturated heterocycles. The number of ketones is 3. The first-order chi connectivity index (χ1) is 13.4. The smallest absolute Gasteiger partial charge is 0.163 e. The maximum atomic E-state index is 13.4. The van der Waals surface area contributed by atoms with Crippen molar-refractivity contribution in [3.8, 4) is 0 Å². The minimum Gasteiger partial charge on any atom is -0.389 e. The SMILES string of the molecule is CC(C)(C)C(=O)C1CCC(CC(C)(C)C(=O)C(C)(C)CCC(C)(C)C(=O)CO)CC1. The first-order valence-electron chi connectivity index (χ1n) is 11.7. The van der Waals surface area contributed by atoms with E-state index in [9.17, 15) is 19.5 Å². The minimum atomic E-state index is -0.617. The van der Waals surface area contributed by atoms with Gasteiger partial charge in [-0.25, -0.2) is 0 Å². The van der Waals surface area contributed by atoms with E-state index in [1.54, 1.807) is 0 Å². The van der Waals surface area contributed by atoms with Crippen molar-refractivity contribution in [2.24, 2.45) is 33.5 Å². The van der Waals surface area contributed by atoms with E-state index < -0.39 is 22.9 Å². The van der Waals surface area contributed by atoms with Crippen LogP contribution >= 0.6 is 0 Å². The van der Waals surface area contributed by atoms with Crippen LogP contribution < -0.4 is 0 Å². The van der Waals surface area contributed by atoms with Crippen molar-refractivity contribution in [3.63, 3.8) is 0 Å². The molecule has 0 aromatic heterocycles. The van der Waals surface area contributed by atoms with Crippen LogP contribution in [-0.4, -0.2) is 29.1 Å². The fourth-order valence-corrected chi connectivity index (χ4v) is 5.06. The first-order valence-corrected chi connectivity index (χ1v) is 11.7. The van der Waals surface area contributed by atoms with E-state index in [2.05, 4.69) is 0 Å². The quantitative estimate of drug-likeness (QED) is 0.484. The summed E-state index contributed by atoms with van der Waals surface area (Å²) < 4.78 is 0. The fourth-order valence-electron chi connectivity index (χ4n) is 5.06. The Kier molecular flexibility index (Phi) is 8.67. The van der Waals surface area contributed by atoms with Gasteiger partial charge in [-0.15, -0.1) is 0 Å². The molecule has 0 heterocycles. The molecule has 0 aliphatic heterocycles. The van der Waals surface area contributed by atoms with Crippen molar-refractivity contribution in [2.45, 2.75) is 107 Å². The van der Waals surface area contributed by atoms with Gasteiger partial charge in [0.25, 0.3) is 0 Å². The Morgan fingerprint density at radius 2 is 1.20 bits per heavy atom. The van der Waals surface area contributed by atoms with Gasteiger partial charge >= 0.3 is 0 Å². The van der Waals surface area contributed by atoms with Gasteiger partial charge < -0.3 is 5.11 Å². The summed E-state index contributed by atoms with van der Waals surface area (Å²) in [4.78, 5) is 38.0. The Labute approximate surface area is 184 Å². The maximum Gasteiger partial charge on any atom is 0.163 e. The summed E-state index contributed by atoms with van der Waals surface area (Å²) >= 11 is 0. The molecule has 1 fully saturated rings. The van der Waals surface area contributed by atoms with Crippen molar-refractivity contribution in [1.82, 2.24) is 0 Å². The molecule has 0 unspecified atom stereocenters. The van der Waals surface area contributed by atoms with Crippen LogP contribution in [0.25, 0.3) is 0 Å². The summed E-state index contributed by atoms with van der Waals surface area (Å²) in [5.41, 5.74) is -1.84. The molecule has 0 aromatic rings. The number of carbonyl (C=O) groups is 3. The van der Waals surface area contributed by atoms with Crippen LogP contribution in [0.15, 0.2) is 0 Å². The van der Waals surface area contributed by atoms with E-state index in [0.717, 1.165) is 32.1 Å². The van der Waals surface area contributed by atoms with Gasteiger partial charge in [0.1, 0.15) is 18.2 Å². The van der Waals surface area contributed by atoms with Gasteiger partial charge in [0, 0.05) is 27.6 Å². The molecular formula is C26H46O4. The lowest BCUT2D eigenvalue weighted by molar-refractivity contribution is -0.139. The largest absolute Gasteiger partial charge is 0.389 e. The third kappa shape index (κ3) is 7.00. The summed E-state index contributed by atoms with van der Waals surface area (Å²) in [5.74, 6) is 1.10. The Morgan fingerprint density at radius 1 is 0.733 bits per heavy atom. The summed E-state index contributed by atoms with van der Waals surface area (Å²) in [6.45, 7) is 17.3. The normalized spacial score (nSPS) is 21.4. The lowest BCUT2D eigenvalue weighted by Crippen LogP contribution is -2.40. The molecule has 4 heteroatoms. The van der Waals surface area contributed by atoms with Gasteiger partial charge in [-0.05, 0) is 50.9 Å². The molecule has 0 bridgehead atoms. The summed E-state index contributed by atoms with van der Waals surface area (Å²) in [5, 5.41) is 9.18. The van der Waals surface area contributed by atoms with Gasteiger partial charge in [-0.2, -0.15) is 0 Å². The van der Waals surface area contributed by atoms with Crippen LogP contribution in [0.5, 0.6) is 0 Å². The molecule has 0 spiro atoms. The van der Waals surface area contributed by atoms with E-state index >= 15 is 0 Å². The van der Waals surface area contributed by atoms with Gasteiger partial charge in [0.2, 0.25) is 0 Å². The van der Waals surface area contributed by atoms with Crippen LogP contribution in [0.2, 0.25) is 0 Å². The molecule has 0 aromatic carbocycles. The minimum absolute atomic E-state index is 0.169. The molecule has 1 N–H and O–H groups in total. The van der Waals surface area contributed by atoms with Gasteiger partial charge in [-0.3, -0.25) is 14.4 Å². The molecule has 4 nitrogen and oxygen atoms in total. The lowest BCUT2D eigenvalue weighted by atomic mass is 9.64. The first kappa shape index (κ1) is 27.0. The third-order valence-electron chi connectivity index (χ3n) is 7.26. The number of Topliss-reactive ketones (excluding diaryl/α,β-unsaturated/α-hetero) is 3. The third-order valence-corrected chi connectivity index (χ3v) is 7.26. The lowest BCUT2D eigenvalue weighted by Gasteiger charge is -2.39. The second-order valence-electron chi connectivity index (χ2n) is 12.6. The number of aliphatic hydroxyl groups excluding tert-OH is 1. The molecule has 30 heavy (non-hydrogen) atoms. The number of carbonyl (C=O) groups excluding carboxylic acids is 3. The number of hydrogen-bond acceptors (Lipinski definition) is 4. The molecular weight excluding hydrogens is 376 g/mol. The van der Waals surface area contributed by atoms with Gasteiger partial charge in [0.05, 0.1) is 0 Å². The second-order valence-corrected chi connectivity index (χ2v) is 12.6. The number of hydrogen-bond donors (Lipinski definition) is 1. The zero-order chi connectivity index (χ0) is 23.5. The number of aliphatic hydroxyl groups is 1. The Hall–Kier alpha value is -1.03. The van der Waals surface area contributed by atoms with Crippen molar-refractivity contribution >= 4 is 17.3 Å². The maximum absolute atomic E-state index is 13.4. The van der Waals surface area contributed by atoms with E-state index in [0.29, 0.717) is 24.5 Å². The fraction of sp³-hybridized carbons (Fsp3) is 0.885. The summed E-state index contributed by atoms with van der Waals surface area (Å²) in [7, 11) is 0. The molecule has 1 aliphatic rings. The Bertz CT molecular complexity index is 626. The van der Waals surface area contributed by atoms with E-state index in [-0.39, 0.29) is 22.9 Å². The highest BCUT2D eigenvalue weighted by atomic mass is 16.3. The predicted molar refractivity (Wildman–Crippen MR) is 122 cm³/mol. The van der Waals surface area contributed by atoms with E-state index in [1.165, 1.54) is 0 Å². The van der Waals surface area contributed by atoms with Crippen molar-refractivity contribution in [3.05, 3.63) is 0 Å².